The van der Waals surface area contributed by atoms with Gasteiger partial charge in [0.25, 0.3) is 10.0 Å². The van der Waals surface area contributed by atoms with E-state index in [1.807, 2.05) is 6.07 Å². The Kier molecular flexibility index (Phi) is 4.08. The lowest BCUT2D eigenvalue weighted by atomic mass is 10.3. The van der Waals surface area contributed by atoms with Crippen LogP contribution in [0, 0.1) is 3.57 Å². The number of benzene rings is 1. The summed E-state index contributed by atoms with van der Waals surface area (Å²) in [6.07, 6.45) is 1.44. The minimum Gasteiger partial charge on any atom is -0.280 e. The Hall–Kier alpha value is -0.860. The summed E-state index contributed by atoms with van der Waals surface area (Å²) < 4.78 is 27.6. The molecule has 2 rings (SSSR count). The Morgan fingerprint density at radius 1 is 1.22 bits per heavy atom. The zero-order valence-corrected chi connectivity index (χ0v) is 12.7. The molecule has 1 heterocycles. The van der Waals surface area contributed by atoms with Crippen molar-refractivity contribution in [3.63, 3.8) is 0 Å². The molecule has 0 unspecified atom stereocenters. The smallest absolute Gasteiger partial charge is 0.264 e. The van der Waals surface area contributed by atoms with E-state index in [2.05, 4.69) is 32.3 Å². The minimum atomic E-state index is -3.71. The summed E-state index contributed by atoms with van der Waals surface area (Å²) in [5, 5.41) is -0.0457. The number of sulfonamides is 1. The van der Waals surface area contributed by atoms with Gasteiger partial charge in [0.15, 0.2) is 0 Å². The highest BCUT2D eigenvalue weighted by Gasteiger charge is 2.18. The molecule has 2 aromatic rings. The van der Waals surface area contributed by atoms with E-state index in [9.17, 15) is 8.42 Å². The van der Waals surface area contributed by atoms with E-state index in [1.165, 1.54) is 18.3 Å². The molecule has 0 radical (unpaired) electrons. The lowest BCUT2D eigenvalue weighted by Gasteiger charge is -2.08. The van der Waals surface area contributed by atoms with Gasteiger partial charge in [0.1, 0.15) is 10.0 Å². The van der Waals surface area contributed by atoms with Crippen LogP contribution < -0.4 is 4.72 Å². The molecule has 1 N–H and O–H groups in total. The van der Waals surface area contributed by atoms with Crippen LogP contribution in [0.15, 0.2) is 47.5 Å². The molecule has 18 heavy (non-hydrogen) atoms. The highest BCUT2D eigenvalue weighted by molar-refractivity contribution is 14.1. The first-order valence-electron chi connectivity index (χ1n) is 4.88. The molecule has 94 valence electrons. The van der Waals surface area contributed by atoms with Crippen molar-refractivity contribution in [3.8, 4) is 0 Å². The highest BCUT2D eigenvalue weighted by Crippen LogP contribution is 2.22. The molecule has 0 aliphatic carbocycles. The van der Waals surface area contributed by atoms with Crippen LogP contribution in [0.1, 0.15) is 0 Å². The molecule has 0 bridgehead atoms. The number of pyridine rings is 1. The quantitative estimate of drug-likeness (QED) is 0.643. The first-order chi connectivity index (χ1) is 8.49. The van der Waals surface area contributed by atoms with Gasteiger partial charge in [0.2, 0.25) is 0 Å². The van der Waals surface area contributed by atoms with Crippen LogP contribution in [0.3, 0.4) is 0 Å². The maximum absolute atomic E-state index is 12.1. The number of rotatable bonds is 3. The number of hydrogen-bond acceptors (Lipinski definition) is 3. The van der Waals surface area contributed by atoms with Gasteiger partial charge in [0, 0.05) is 15.5 Å². The summed E-state index contributed by atoms with van der Waals surface area (Å²) in [6.45, 7) is 0. The van der Waals surface area contributed by atoms with Crippen LogP contribution in [-0.2, 0) is 10.0 Å². The van der Waals surface area contributed by atoms with Crippen molar-refractivity contribution < 1.29 is 8.42 Å². The second-order valence-corrected chi connectivity index (χ2v) is 6.66. The van der Waals surface area contributed by atoms with Gasteiger partial charge in [-0.1, -0.05) is 17.7 Å². The van der Waals surface area contributed by atoms with Gasteiger partial charge in [-0.05, 0) is 52.9 Å². The predicted octanol–water partition coefficient (Wildman–Crippen LogP) is 3.14. The summed E-state index contributed by atoms with van der Waals surface area (Å²) in [5.74, 6) is 0. The third-order valence-electron chi connectivity index (χ3n) is 2.09. The molecule has 0 amide bonds. The van der Waals surface area contributed by atoms with Gasteiger partial charge in [-0.25, -0.2) is 13.4 Å². The van der Waals surface area contributed by atoms with Crippen molar-refractivity contribution in [2.24, 2.45) is 0 Å². The normalized spacial score (nSPS) is 11.2. The lowest BCUT2D eigenvalue weighted by Crippen LogP contribution is -2.13. The van der Waals surface area contributed by atoms with E-state index in [1.54, 1.807) is 18.2 Å². The van der Waals surface area contributed by atoms with Crippen LogP contribution >= 0.6 is 34.2 Å². The van der Waals surface area contributed by atoms with E-state index < -0.39 is 10.0 Å². The van der Waals surface area contributed by atoms with E-state index >= 15 is 0 Å². The molecule has 0 spiro atoms. The number of hydrogen-bond donors (Lipinski definition) is 1. The molecule has 1 aromatic carbocycles. The standard InChI is InChI=1S/C11H8ClIN2O2S/c12-11-10(5-2-6-14-11)18(16,17)15-9-4-1-3-8(13)7-9/h1-7,15H. The second kappa shape index (κ2) is 5.41. The molecule has 0 fully saturated rings. The fourth-order valence-electron chi connectivity index (χ4n) is 1.33. The highest BCUT2D eigenvalue weighted by atomic mass is 127. The van der Waals surface area contributed by atoms with Crippen LogP contribution in [0.25, 0.3) is 0 Å². The zero-order chi connectivity index (χ0) is 13.2. The van der Waals surface area contributed by atoms with E-state index in [0.717, 1.165) is 3.57 Å². The topological polar surface area (TPSA) is 59.1 Å². The molecule has 1 aromatic heterocycles. The van der Waals surface area contributed by atoms with Gasteiger partial charge in [-0.15, -0.1) is 0 Å². The van der Waals surface area contributed by atoms with Crippen molar-refractivity contribution in [2.45, 2.75) is 4.90 Å². The third-order valence-corrected chi connectivity index (χ3v) is 4.59. The lowest BCUT2D eigenvalue weighted by molar-refractivity contribution is 0.601. The maximum atomic E-state index is 12.1. The van der Waals surface area contributed by atoms with Crippen molar-refractivity contribution in [2.75, 3.05) is 4.72 Å². The molecular formula is C11H8ClIN2O2S. The van der Waals surface area contributed by atoms with E-state index in [0.29, 0.717) is 5.69 Å². The van der Waals surface area contributed by atoms with Crippen LogP contribution in [0.2, 0.25) is 5.15 Å². The van der Waals surface area contributed by atoms with Crippen LogP contribution in [0.4, 0.5) is 5.69 Å². The molecule has 0 saturated heterocycles. The summed E-state index contributed by atoms with van der Waals surface area (Å²) in [6, 6.07) is 9.97. The Morgan fingerprint density at radius 2 is 2.00 bits per heavy atom. The fourth-order valence-corrected chi connectivity index (χ4v) is 3.38. The van der Waals surface area contributed by atoms with Gasteiger partial charge in [-0.3, -0.25) is 4.72 Å². The predicted molar refractivity (Wildman–Crippen MR) is 79.2 cm³/mol. The molecular weight excluding hydrogens is 387 g/mol. The van der Waals surface area contributed by atoms with Gasteiger partial charge in [-0.2, -0.15) is 0 Å². The minimum absolute atomic E-state index is 0.0365. The average molecular weight is 395 g/mol. The fraction of sp³-hybridized carbons (Fsp3) is 0. The second-order valence-electron chi connectivity index (χ2n) is 3.41. The molecule has 7 heteroatoms. The zero-order valence-electron chi connectivity index (χ0n) is 8.97. The Balaban J connectivity index is 2.37. The number of anilines is 1. The van der Waals surface area contributed by atoms with Crippen LogP contribution in [-0.4, -0.2) is 13.4 Å². The van der Waals surface area contributed by atoms with Crippen molar-refractivity contribution in [1.82, 2.24) is 4.98 Å². The van der Waals surface area contributed by atoms with Crippen molar-refractivity contribution >= 4 is 49.9 Å². The van der Waals surface area contributed by atoms with E-state index in [4.69, 9.17) is 11.6 Å². The largest absolute Gasteiger partial charge is 0.280 e. The average Bonchev–Trinajstić information content (AvgIpc) is 2.28. The SMILES string of the molecule is O=S(=O)(Nc1cccc(I)c1)c1cccnc1Cl. The van der Waals surface area contributed by atoms with Crippen LogP contribution in [0.5, 0.6) is 0 Å². The molecule has 0 atom stereocenters. The molecule has 4 nitrogen and oxygen atoms in total. The van der Waals surface area contributed by atoms with Gasteiger partial charge in [0.05, 0.1) is 0 Å². The summed E-state index contributed by atoms with van der Waals surface area (Å²) in [5.41, 5.74) is 0.488. The third kappa shape index (κ3) is 3.12. The van der Waals surface area contributed by atoms with Gasteiger partial charge >= 0.3 is 0 Å². The maximum Gasteiger partial charge on any atom is 0.264 e. The first kappa shape index (κ1) is 13.6. The summed E-state index contributed by atoms with van der Waals surface area (Å²) in [4.78, 5) is 3.71. The summed E-state index contributed by atoms with van der Waals surface area (Å²) >= 11 is 7.88. The summed E-state index contributed by atoms with van der Waals surface area (Å²) in [7, 11) is -3.71. The van der Waals surface area contributed by atoms with Gasteiger partial charge < -0.3 is 0 Å². The Labute approximate surface area is 124 Å². The molecule has 0 aliphatic heterocycles. The molecule has 0 saturated carbocycles. The number of nitrogens with one attached hydrogen (secondary N) is 1. The van der Waals surface area contributed by atoms with Crippen molar-refractivity contribution in [1.29, 1.82) is 0 Å². The first-order valence-corrected chi connectivity index (χ1v) is 7.82. The number of halogens is 2. The van der Waals surface area contributed by atoms with Crippen molar-refractivity contribution in [3.05, 3.63) is 51.3 Å². The Morgan fingerprint density at radius 3 is 2.67 bits per heavy atom. The monoisotopic (exact) mass is 394 g/mol. The van der Waals surface area contributed by atoms with E-state index in [-0.39, 0.29) is 10.0 Å². The Bertz CT molecular complexity index is 676. The number of aromatic nitrogens is 1. The molecule has 0 aliphatic rings. The number of nitrogens with zero attached hydrogens (tertiary/aromatic N) is 1.